The van der Waals surface area contributed by atoms with Gasteiger partial charge in [0.2, 0.25) is 15.9 Å². The Morgan fingerprint density at radius 2 is 1.82 bits per heavy atom. The molecule has 0 fully saturated rings. The van der Waals surface area contributed by atoms with Crippen LogP contribution in [0.1, 0.15) is 11.3 Å². The topological polar surface area (TPSA) is 110 Å². The van der Waals surface area contributed by atoms with Gasteiger partial charge in [-0.2, -0.15) is 5.10 Å². The standard InChI is InChI=1S/C19H20N4O4S/c1-12-8-9-13(10-17(12)28(26,27)20-2)21-18(24)11-16-14-6-4-5-7-15(14)19(25)23(3)22-16/h4-10,20H,11H2,1-3H3,(H,21,24). The van der Waals surface area contributed by atoms with Crippen LogP contribution in [-0.2, 0) is 28.3 Å². The van der Waals surface area contributed by atoms with Gasteiger partial charge in [-0.15, -0.1) is 0 Å². The summed E-state index contributed by atoms with van der Waals surface area (Å²) in [7, 11) is -0.774. The molecule has 0 aliphatic heterocycles. The van der Waals surface area contributed by atoms with E-state index in [1.54, 1.807) is 43.3 Å². The number of benzene rings is 2. The Morgan fingerprint density at radius 1 is 1.14 bits per heavy atom. The van der Waals surface area contributed by atoms with E-state index in [1.165, 1.54) is 24.8 Å². The van der Waals surface area contributed by atoms with Crippen LogP contribution >= 0.6 is 0 Å². The molecule has 3 rings (SSSR count). The summed E-state index contributed by atoms with van der Waals surface area (Å²) in [6, 6.07) is 11.6. The second-order valence-corrected chi connectivity index (χ2v) is 8.19. The smallest absolute Gasteiger partial charge is 0.274 e. The van der Waals surface area contributed by atoms with Crippen LogP contribution in [0.25, 0.3) is 10.8 Å². The van der Waals surface area contributed by atoms with E-state index in [2.05, 4.69) is 15.1 Å². The summed E-state index contributed by atoms with van der Waals surface area (Å²) in [5, 5.41) is 8.00. The van der Waals surface area contributed by atoms with Crippen molar-refractivity contribution >= 4 is 32.4 Å². The molecule has 2 aromatic carbocycles. The van der Waals surface area contributed by atoms with Crippen molar-refractivity contribution in [1.29, 1.82) is 0 Å². The summed E-state index contributed by atoms with van der Waals surface area (Å²) in [6.07, 6.45) is -0.0589. The van der Waals surface area contributed by atoms with Gasteiger partial charge in [-0.25, -0.2) is 17.8 Å². The quantitative estimate of drug-likeness (QED) is 0.671. The van der Waals surface area contributed by atoms with Crippen molar-refractivity contribution in [2.75, 3.05) is 12.4 Å². The zero-order valence-electron chi connectivity index (χ0n) is 15.7. The minimum Gasteiger partial charge on any atom is -0.326 e. The molecule has 0 radical (unpaired) electrons. The normalized spacial score (nSPS) is 11.5. The second-order valence-electron chi connectivity index (χ2n) is 6.33. The Kier molecular flexibility index (Phi) is 5.30. The molecule has 0 saturated heterocycles. The van der Waals surface area contributed by atoms with E-state index in [0.717, 1.165) is 0 Å². The van der Waals surface area contributed by atoms with Crippen LogP contribution in [0, 0.1) is 6.92 Å². The van der Waals surface area contributed by atoms with E-state index in [9.17, 15) is 18.0 Å². The van der Waals surface area contributed by atoms with Gasteiger partial charge in [0.05, 0.1) is 22.4 Å². The summed E-state index contributed by atoms with van der Waals surface area (Å²) in [5.74, 6) is -0.368. The Bertz CT molecular complexity index is 1230. The summed E-state index contributed by atoms with van der Waals surface area (Å²) in [6.45, 7) is 1.68. The van der Waals surface area contributed by atoms with Crippen LogP contribution in [-0.4, -0.2) is 31.2 Å². The third kappa shape index (κ3) is 3.80. The molecule has 146 valence electrons. The predicted molar refractivity (Wildman–Crippen MR) is 107 cm³/mol. The Labute approximate surface area is 162 Å². The number of amides is 1. The number of sulfonamides is 1. The van der Waals surface area contributed by atoms with E-state index in [4.69, 9.17) is 0 Å². The van der Waals surface area contributed by atoms with Gasteiger partial charge in [-0.1, -0.05) is 24.3 Å². The summed E-state index contributed by atoms with van der Waals surface area (Å²) in [5.41, 5.74) is 1.15. The van der Waals surface area contributed by atoms with Gasteiger partial charge >= 0.3 is 0 Å². The van der Waals surface area contributed by atoms with Crippen LogP contribution in [0.4, 0.5) is 5.69 Å². The van der Waals surface area contributed by atoms with Gasteiger partial charge in [-0.3, -0.25) is 9.59 Å². The van der Waals surface area contributed by atoms with Crippen molar-refractivity contribution in [2.24, 2.45) is 7.05 Å². The Morgan fingerprint density at radius 3 is 2.50 bits per heavy atom. The number of carbonyl (C=O) groups is 1. The van der Waals surface area contributed by atoms with Crippen LogP contribution in [0.3, 0.4) is 0 Å². The first-order valence-electron chi connectivity index (χ1n) is 8.52. The third-order valence-corrected chi connectivity index (χ3v) is 5.95. The van der Waals surface area contributed by atoms with E-state index in [-0.39, 0.29) is 22.8 Å². The highest BCUT2D eigenvalue weighted by molar-refractivity contribution is 7.89. The van der Waals surface area contributed by atoms with E-state index >= 15 is 0 Å². The average Bonchev–Trinajstić information content (AvgIpc) is 2.67. The summed E-state index contributed by atoms with van der Waals surface area (Å²) < 4.78 is 27.7. The van der Waals surface area contributed by atoms with Crippen molar-refractivity contribution in [3.63, 3.8) is 0 Å². The van der Waals surface area contributed by atoms with Gasteiger partial charge in [-0.05, 0) is 37.7 Å². The van der Waals surface area contributed by atoms with Gasteiger partial charge in [0.15, 0.2) is 0 Å². The molecule has 8 nitrogen and oxygen atoms in total. The maximum absolute atomic E-state index is 12.5. The summed E-state index contributed by atoms with van der Waals surface area (Å²) in [4.78, 5) is 24.8. The third-order valence-electron chi connectivity index (χ3n) is 4.39. The summed E-state index contributed by atoms with van der Waals surface area (Å²) >= 11 is 0. The SMILES string of the molecule is CNS(=O)(=O)c1cc(NC(=O)Cc2nn(C)c(=O)c3ccccc23)ccc1C. The van der Waals surface area contributed by atoms with Gasteiger partial charge in [0.25, 0.3) is 5.56 Å². The maximum atomic E-state index is 12.5. The molecule has 2 N–H and O–H groups in total. The number of rotatable bonds is 5. The molecule has 0 aliphatic carbocycles. The maximum Gasteiger partial charge on any atom is 0.274 e. The number of aryl methyl sites for hydroxylation is 2. The van der Waals surface area contributed by atoms with Crippen LogP contribution in [0.2, 0.25) is 0 Å². The van der Waals surface area contributed by atoms with Crippen molar-refractivity contribution in [1.82, 2.24) is 14.5 Å². The number of carbonyl (C=O) groups excluding carboxylic acids is 1. The monoisotopic (exact) mass is 400 g/mol. The Hall–Kier alpha value is -3.04. The molecule has 28 heavy (non-hydrogen) atoms. The molecular formula is C19H20N4O4S. The molecule has 0 atom stereocenters. The van der Waals surface area contributed by atoms with Crippen LogP contribution in [0.5, 0.6) is 0 Å². The first-order chi connectivity index (χ1) is 13.2. The fraction of sp³-hybridized carbons (Fsp3) is 0.211. The highest BCUT2D eigenvalue weighted by atomic mass is 32.2. The lowest BCUT2D eigenvalue weighted by atomic mass is 10.1. The first-order valence-corrected chi connectivity index (χ1v) is 10.00. The fourth-order valence-corrected chi connectivity index (χ4v) is 3.94. The fourth-order valence-electron chi connectivity index (χ4n) is 2.94. The number of fused-ring (bicyclic) bond motifs is 1. The number of hydrogen-bond acceptors (Lipinski definition) is 5. The lowest BCUT2D eigenvalue weighted by Crippen LogP contribution is -2.24. The molecular weight excluding hydrogens is 380 g/mol. The number of hydrogen-bond donors (Lipinski definition) is 2. The second kappa shape index (κ2) is 7.53. The number of aromatic nitrogens is 2. The van der Waals surface area contributed by atoms with Gasteiger partial charge in [0.1, 0.15) is 0 Å². The minimum absolute atomic E-state index is 0.0589. The molecule has 0 spiro atoms. The molecule has 1 aromatic heterocycles. The molecule has 3 aromatic rings. The molecule has 0 saturated carbocycles. The predicted octanol–water partition coefficient (Wildman–Crippen LogP) is 1.33. The highest BCUT2D eigenvalue weighted by Gasteiger charge is 2.17. The lowest BCUT2D eigenvalue weighted by molar-refractivity contribution is -0.115. The average molecular weight is 400 g/mol. The zero-order valence-corrected chi connectivity index (χ0v) is 16.5. The molecule has 1 heterocycles. The van der Waals surface area contributed by atoms with Crippen molar-refractivity contribution in [2.45, 2.75) is 18.2 Å². The Balaban J connectivity index is 1.90. The van der Waals surface area contributed by atoms with Gasteiger partial charge < -0.3 is 5.32 Å². The van der Waals surface area contributed by atoms with Crippen molar-refractivity contribution < 1.29 is 13.2 Å². The largest absolute Gasteiger partial charge is 0.326 e. The van der Waals surface area contributed by atoms with Crippen LogP contribution < -0.4 is 15.6 Å². The molecule has 9 heteroatoms. The molecule has 0 bridgehead atoms. The number of nitrogens with zero attached hydrogens (tertiary/aromatic N) is 2. The highest BCUT2D eigenvalue weighted by Crippen LogP contribution is 2.20. The lowest BCUT2D eigenvalue weighted by Gasteiger charge is -2.11. The number of anilines is 1. The van der Waals surface area contributed by atoms with Crippen LogP contribution in [0.15, 0.2) is 52.2 Å². The first kappa shape index (κ1) is 19.7. The molecule has 0 unspecified atom stereocenters. The van der Waals surface area contributed by atoms with E-state index in [0.29, 0.717) is 27.7 Å². The molecule has 1 amide bonds. The zero-order chi connectivity index (χ0) is 20.5. The van der Waals surface area contributed by atoms with Crippen molar-refractivity contribution in [3.8, 4) is 0 Å². The van der Waals surface area contributed by atoms with Crippen molar-refractivity contribution in [3.05, 3.63) is 64.1 Å². The molecule has 0 aliphatic rings. The van der Waals surface area contributed by atoms with E-state index < -0.39 is 10.0 Å². The number of nitrogens with one attached hydrogen (secondary N) is 2. The van der Waals surface area contributed by atoms with Gasteiger partial charge in [0, 0.05) is 18.1 Å². The van der Waals surface area contributed by atoms with E-state index in [1.807, 2.05) is 0 Å². The minimum atomic E-state index is -3.64.